The number of aromatic nitrogens is 1. The molecule has 0 radical (unpaired) electrons. The van der Waals surface area contributed by atoms with Crippen LogP contribution in [0.2, 0.25) is 10.0 Å². The summed E-state index contributed by atoms with van der Waals surface area (Å²) in [5, 5.41) is 1.87. The molecule has 0 N–H and O–H groups in total. The molecular weight excluding hydrogens is 441 g/mol. The van der Waals surface area contributed by atoms with E-state index >= 15 is 0 Å². The molecule has 162 valence electrons. The van der Waals surface area contributed by atoms with Crippen molar-refractivity contribution in [2.45, 2.75) is 47.5 Å². The summed E-state index contributed by atoms with van der Waals surface area (Å²) in [5.74, 6) is -0.909. The molecule has 0 saturated carbocycles. The maximum atomic E-state index is 12.1. The highest BCUT2D eigenvalue weighted by Gasteiger charge is 2.45. The standard InChI is InChI=1S/C23H27Cl2NO3S/c1-14-19(26-21(30-14)17-11-16(24)6-7-18(17)25)10-15(12-28)23(4,5)20(13-29)22(2,3)8-9-27/h6-7,9,11-13,15,20H,8,10H2,1-5H3. The molecule has 2 rings (SSSR count). The smallest absolute Gasteiger partial charge is 0.125 e. The molecule has 2 atom stereocenters. The second kappa shape index (κ2) is 9.71. The summed E-state index contributed by atoms with van der Waals surface area (Å²) in [6, 6.07) is 5.23. The molecular formula is C23H27Cl2NO3S. The molecule has 1 aromatic heterocycles. The fourth-order valence-corrected chi connectivity index (χ4v) is 5.43. The summed E-state index contributed by atoms with van der Waals surface area (Å²) in [7, 11) is 0. The Bertz CT molecular complexity index is 937. The summed E-state index contributed by atoms with van der Waals surface area (Å²) in [6.07, 6.45) is 3.26. The lowest BCUT2D eigenvalue weighted by atomic mass is 9.59. The third-order valence-corrected chi connectivity index (χ3v) is 7.58. The lowest BCUT2D eigenvalue weighted by molar-refractivity contribution is -0.127. The Balaban J connectivity index is 2.38. The quantitative estimate of drug-likeness (QED) is 0.387. The monoisotopic (exact) mass is 467 g/mol. The van der Waals surface area contributed by atoms with Gasteiger partial charge in [0.1, 0.15) is 23.9 Å². The van der Waals surface area contributed by atoms with E-state index in [-0.39, 0.29) is 6.42 Å². The molecule has 2 unspecified atom stereocenters. The first-order valence-electron chi connectivity index (χ1n) is 9.73. The minimum atomic E-state index is -0.653. The molecule has 0 fully saturated rings. The third-order valence-electron chi connectivity index (χ3n) is 5.97. The number of rotatable bonds is 10. The van der Waals surface area contributed by atoms with Crippen LogP contribution < -0.4 is 0 Å². The number of hydrogen-bond acceptors (Lipinski definition) is 5. The van der Waals surface area contributed by atoms with Gasteiger partial charge in [0.05, 0.1) is 10.7 Å². The Kier molecular flexibility index (Phi) is 8.00. The Morgan fingerprint density at radius 1 is 1.10 bits per heavy atom. The zero-order valence-electron chi connectivity index (χ0n) is 17.9. The summed E-state index contributed by atoms with van der Waals surface area (Å²) in [6.45, 7) is 9.55. The molecule has 0 bridgehead atoms. The lowest BCUT2D eigenvalue weighted by Crippen LogP contribution is -2.43. The summed E-state index contributed by atoms with van der Waals surface area (Å²) >= 11 is 13.9. The molecule has 4 nitrogen and oxygen atoms in total. The summed E-state index contributed by atoms with van der Waals surface area (Å²) in [4.78, 5) is 40.9. The van der Waals surface area contributed by atoms with E-state index in [1.807, 2.05) is 34.6 Å². The van der Waals surface area contributed by atoms with E-state index in [0.717, 1.165) is 40.0 Å². The molecule has 0 aliphatic rings. The molecule has 0 amide bonds. The minimum Gasteiger partial charge on any atom is -0.303 e. The summed E-state index contributed by atoms with van der Waals surface area (Å²) < 4.78 is 0. The number of carbonyl (C=O) groups excluding carboxylic acids is 3. The Labute approximate surface area is 192 Å². The SMILES string of the molecule is Cc1sc(-c2cc(Cl)ccc2Cl)nc1CC(C=O)C(C)(C)C(C=O)C(C)(C)CC=O. The van der Waals surface area contributed by atoms with Gasteiger partial charge >= 0.3 is 0 Å². The van der Waals surface area contributed by atoms with Crippen molar-refractivity contribution in [1.29, 1.82) is 0 Å². The van der Waals surface area contributed by atoms with E-state index in [2.05, 4.69) is 0 Å². The van der Waals surface area contributed by atoms with Crippen LogP contribution in [-0.4, -0.2) is 23.8 Å². The average Bonchev–Trinajstić information content (AvgIpc) is 3.01. The van der Waals surface area contributed by atoms with Gasteiger partial charge < -0.3 is 14.4 Å². The highest BCUT2D eigenvalue weighted by atomic mass is 35.5. The van der Waals surface area contributed by atoms with Crippen LogP contribution in [-0.2, 0) is 20.8 Å². The Hall–Kier alpha value is -1.56. The van der Waals surface area contributed by atoms with E-state index < -0.39 is 22.7 Å². The van der Waals surface area contributed by atoms with Crippen LogP contribution in [0.3, 0.4) is 0 Å². The van der Waals surface area contributed by atoms with Crippen LogP contribution in [0.1, 0.15) is 44.7 Å². The second-order valence-corrected chi connectivity index (χ2v) is 10.9. The number of hydrogen-bond donors (Lipinski definition) is 0. The molecule has 1 aromatic carbocycles. The Morgan fingerprint density at radius 2 is 1.77 bits per heavy atom. The number of aryl methyl sites for hydroxylation is 1. The minimum absolute atomic E-state index is 0.249. The number of nitrogens with zero attached hydrogens (tertiary/aromatic N) is 1. The van der Waals surface area contributed by atoms with E-state index in [1.54, 1.807) is 18.2 Å². The van der Waals surface area contributed by atoms with Gasteiger partial charge in [0.2, 0.25) is 0 Å². The van der Waals surface area contributed by atoms with Crippen molar-refractivity contribution in [1.82, 2.24) is 4.98 Å². The topological polar surface area (TPSA) is 64.1 Å². The first kappa shape index (κ1) is 24.7. The maximum absolute atomic E-state index is 12.1. The normalized spacial score (nSPS) is 14.2. The van der Waals surface area contributed by atoms with E-state index in [9.17, 15) is 14.4 Å². The van der Waals surface area contributed by atoms with Crippen LogP contribution in [0.4, 0.5) is 0 Å². The highest BCUT2D eigenvalue weighted by Crippen LogP contribution is 2.46. The summed E-state index contributed by atoms with van der Waals surface area (Å²) in [5.41, 5.74) is 0.350. The highest BCUT2D eigenvalue weighted by molar-refractivity contribution is 7.15. The van der Waals surface area contributed by atoms with Crippen LogP contribution in [0, 0.1) is 29.6 Å². The molecule has 2 aromatic rings. The van der Waals surface area contributed by atoms with Gasteiger partial charge in [-0.1, -0.05) is 50.9 Å². The van der Waals surface area contributed by atoms with Gasteiger partial charge in [-0.2, -0.15) is 0 Å². The zero-order chi connectivity index (χ0) is 22.7. The van der Waals surface area contributed by atoms with Crippen molar-refractivity contribution in [3.8, 4) is 10.6 Å². The largest absolute Gasteiger partial charge is 0.303 e. The number of aldehydes is 3. The second-order valence-electron chi connectivity index (χ2n) is 8.89. The lowest BCUT2D eigenvalue weighted by Gasteiger charge is -2.43. The van der Waals surface area contributed by atoms with Gasteiger partial charge in [-0.25, -0.2) is 4.98 Å². The molecule has 30 heavy (non-hydrogen) atoms. The van der Waals surface area contributed by atoms with Crippen molar-refractivity contribution in [2.24, 2.45) is 22.7 Å². The van der Waals surface area contributed by atoms with Gasteiger partial charge in [0.25, 0.3) is 0 Å². The number of halogens is 2. The van der Waals surface area contributed by atoms with Crippen molar-refractivity contribution >= 4 is 53.4 Å². The number of thiazole rings is 1. The van der Waals surface area contributed by atoms with Gasteiger partial charge in [-0.15, -0.1) is 11.3 Å². The van der Waals surface area contributed by atoms with Crippen LogP contribution in [0.5, 0.6) is 0 Å². The average molecular weight is 468 g/mol. The van der Waals surface area contributed by atoms with E-state index in [4.69, 9.17) is 28.2 Å². The molecule has 0 aliphatic heterocycles. The molecule has 1 heterocycles. The van der Waals surface area contributed by atoms with E-state index in [1.165, 1.54) is 11.3 Å². The fourth-order valence-electron chi connectivity index (χ4n) is 4.03. The molecule has 0 aliphatic carbocycles. The van der Waals surface area contributed by atoms with Gasteiger partial charge in [0, 0.05) is 40.1 Å². The predicted octanol–water partition coefficient (Wildman–Crippen LogP) is 6.24. The molecule has 7 heteroatoms. The predicted molar refractivity (Wildman–Crippen MR) is 123 cm³/mol. The van der Waals surface area contributed by atoms with Gasteiger partial charge in [0.15, 0.2) is 0 Å². The molecule has 0 spiro atoms. The van der Waals surface area contributed by atoms with Crippen LogP contribution >= 0.6 is 34.5 Å². The first-order chi connectivity index (χ1) is 14.0. The Morgan fingerprint density at radius 3 is 2.33 bits per heavy atom. The third kappa shape index (κ3) is 5.19. The van der Waals surface area contributed by atoms with Crippen LogP contribution in [0.15, 0.2) is 18.2 Å². The van der Waals surface area contributed by atoms with E-state index in [0.29, 0.717) is 16.5 Å². The fraction of sp³-hybridized carbons (Fsp3) is 0.478. The molecule has 0 saturated heterocycles. The van der Waals surface area contributed by atoms with Crippen molar-refractivity contribution in [3.05, 3.63) is 38.8 Å². The van der Waals surface area contributed by atoms with Crippen molar-refractivity contribution < 1.29 is 14.4 Å². The van der Waals surface area contributed by atoms with Crippen LogP contribution in [0.25, 0.3) is 10.6 Å². The van der Waals surface area contributed by atoms with Gasteiger partial charge in [-0.3, -0.25) is 0 Å². The van der Waals surface area contributed by atoms with Gasteiger partial charge in [-0.05, 0) is 36.0 Å². The zero-order valence-corrected chi connectivity index (χ0v) is 20.2. The number of carbonyl (C=O) groups is 3. The van der Waals surface area contributed by atoms with Crippen molar-refractivity contribution in [2.75, 3.05) is 0 Å². The first-order valence-corrected chi connectivity index (χ1v) is 11.3. The van der Waals surface area contributed by atoms with Crippen molar-refractivity contribution in [3.63, 3.8) is 0 Å². The maximum Gasteiger partial charge on any atom is 0.125 e. The number of benzene rings is 1.